The maximum atomic E-state index is 10.9. The van der Waals surface area contributed by atoms with Crippen molar-refractivity contribution in [2.75, 3.05) is 17.2 Å². The van der Waals surface area contributed by atoms with Crippen LogP contribution in [0.3, 0.4) is 0 Å². The predicted molar refractivity (Wildman–Crippen MR) is 46.1 cm³/mol. The number of anilines is 2. The van der Waals surface area contributed by atoms with E-state index in [0.717, 1.165) is 17.2 Å². The molecule has 62 valence electrons. The van der Waals surface area contributed by atoms with Gasteiger partial charge in [0.25, 0.3) is 0 Å². The lowest BCUT2D eigenvalue weighted by Crippen LogP contribution is -2.28. The molecule has 0 fully saturated rings. The van der Waals surface area contributed by atoms with E-state index in [1.807, 2.05) is 19.1 Å². The Balaban J connectivity index is 2.43. The lowest BCUT2D eigenvalue weighted by molar-refractivity contribution is -0.114. The Morgan fingerprint density at radius 3 is 3.17 bits per heavy atom. The van der Waals surface area contributed by atoms with Crippen LogP contribution >= 0.6 is 0 Å². The second-order valence-corrected chi connectivity index (χ2v) is 2.75. The summed E-state index contributed by atoms with van der Waals surface area (Å²) in [4.78, 5) is 15.1. The summed E-state index contributed by atoms with van der Waals surface area (Å²) >= 11 is 0. The number of hydrogen-bond acceptors (Lipinski definition) is 3. The van der Waals surface area contributed by atoms with Gasteiger partial charge in [-0.15, -0.1) is 0 Å². The molecule has 4 nitrogen and oxygen atoms in total. The standard InChI is InChI=1S/C8H9N3O/c1-5-2-3-6-8(10-5)9-4-7(12)11-6/h2-3H,4H2,1H3,(H,9,10)(H,11,12). The molecule has 0 aromatic carbocycles. The molecule has 1 amide bonds. The SMILES string of the molecule is Cc1ccc2c(n1)NCC(=O)N2. The number of carbonyl (C=O) groups excluding carboxylic acids is 1. The molecule has 1 aliphatic heterocycles. The highest BCUT2D eigenvalue weighted by Gasteiger charge is 2.13. The lowest BCUT2D eigenvalue weighted by Gasteiger charge is -2.17. The molecule has 2 rings (SSSR count). The number of amides is 1. The summed E-state index contributed by atoms with van der Waals surface area (Å²) in [6.07, 6.45) is 0. The second kappa shape index (κ2) is 2.48. The molecule has 1 aliphatic rings. The minimum absolute atomic E-state index is 0.0202. The fraction of sp³-hybridized carbons (Fsp3) is 0.250. The van der Waals surface area contributed by atoms with E-state index in [1.165, 1.54) is 0 Å². The fourth-order valence-electron chi connectivity index (χ4n) is 1.15. The number of fused-ring (bicyclic) bond motifs is 1. The van der Waals surface area contributed by atoms with Gasteiger partial charge in [-0.05, 0) is 19.1 Å². The minimum atomic E-state index is -0.0202. The first-order valence-electron chi connectivity index (χ1n) is 3.77. The van der Waals surface area contributed by atoms with Gasteiger partial charge in [0, 0.05) is 5.69 Å². The number of aryl methyl sites for hydroxylation is 1. The fourth-order valence-corrected chi connectivity index (χ4v) is 1.15. The monoisotopic (exact) mass is 163 g/mol. The van der Waals surface area contributed by atoms with Crippen molar-refractivity contribution in [3.8, 4) is 0 Å². The van der Waals surface area contributed by atoms with Crippen LogP contribution in [0.2, 0.25) is 0 Å². The number of aromatic nitrogens is 1. The van der Waals surface area contributed by atoms with E-state index in [4.69, 9.17) is 0 Å². The van der Waals surface area contributed by atoms with E-state index < -0.39 is 0 Å². The first-order chi connectivity index (χ1) is 5.75. The van der Waals surface area contributed by atoms with E-state index in [1.54, 1.807) is 0 Å². The molecule has 0 spiro atoms. The highest BCUT2D eigenvalue weighted by Crippen LogP contribution is 2.21. The third-order valence-electron chi connectivity index (χ3n) is 1.72. The van der Waals surface area contributed by atoms with Crippen LogP contribution in [0.5, 0.6) is 0 Å². The van der Waals surface area contributed by atoms with Crippen LogP contribution in [0.4, 0.5) is 11.5 Å². The van der Waals surface area contributed by atoms with Crippen LogP contribution in [-0.4, -0.2) is 17.4 Å². The Morgan fingerprint density at radius 1 is 1.50 bits per heavy atom. The first-order valence-corrected chi connectivity index (χ1v) is 3.77. The quantitative estimate of drug-likeness (QED) is 0.593. The summed E-state index contributed by atoms with van der Waals surface area (Å²) in [5.74, 6) is 0.739. The molecule has 0 radical (unpaired) electrons. The molecule has 0 saturated heterocycles. The molecule has 4 heteroatoms. The number of rotatable bonds is 0. The summed E-state index contributed by atoms with van der Waals surface area (Å²) in [6.45, 7) is 2.22. The molecule has 0 atom stereocenters. The molecule has 0 aliphatic carbocycles. The molecule has 2 N–H and O–H groups in total. The topological polar surface area (TPSA) is 54.0 Å². The number of pyridine rings is 1. The van der Waals surface area contributed by atoms with Crippen LogP contribution in [0.1, 0.15) is 5.69 Å². The van der Waals surface area contributed by atoms with E-state index in [2.05, 4.69) is 15.6 Å². The molecule has 12 heavy (non-hydrogen) atoms. The zero-order valence-electron chi connectivity index (χ0n) is 6.72. The zero-order valence-corrected chi connectivity index (χ0v) is 6.72. The van der Waals surface area contributed by atoms with Crippen molar-refractivity contribution in [3.05, 3.63) is 17.8 Å². The Labute approximate surface area is 70.0 Å². The Bertz CT molecular complexity index is 335. The maximum Gasteiger partial charge on any atom is 0.243 e. The summed E-state index contributed by atoms with van der Waals surface area (Å²) < 4.78 is 0. The molecular formula is C8H9N3O. The van der Waals surface area contributed by atoms with Gasteiger partial charge in [-0.1, -0.05) is 0 Å². The number of nitrogens with zero attached hydrogens (tertiary/aromatic N) is 1. The van der Waals surface area contributed by atoms with E-state index in [9.17, 15) is 4.79 Å². The Kier molecular flexibility index (Phi) is 1.46. The maximum absolute atomic E-state index is 10.9. The van der Waals surface area contributed by atoms with Crippen LogP contribution in [0.15, 0.2) is 12.1 Å². The second-order valence-electron chi connectivity index (χ2n) is 2.75. The van der Waals surface area contributed by atoms with Gasteiger partial charge < -0.3 is 10.6 Å². The van der Waals surface area contributed by atoms with Crippen molar-refractivity contribution in [2.45, 2.75) is 6.92 Å². The van der Waals surface area contributed by atoms with Crippen LogP contribution in [0, 0.1) is 6.92 Å². The third kappa shape index (κ3) is 1.11. The highest BCUT2D eigenvalue weighted by atomic mass is 16.2. The molecular weight excluding hydrogens is 154 g/mol. The van der Waals surface area contributed by atoms with Gasteiger partial charge in [0.1, 0.15) is 0 Å². The molecule has 1 aromatic rings. The van der Waals surface area contributed by atoms with Crippen molar-refractivity contribution in [1.29, 1.82) is 0 Å². The van der Waals surface area contributed by atoms with Crippen molar-refractivity contribution in [3.63, 3.8) is 0 Å². The third-order valence-corrected chi connectivity index (χ3v) is 1.72. The van der Waals surface area contributed by atoms with Gasteiger partial charge >= 0.3 is 0 Å². The Hall–Kier alpha value is -1.58. The number of carbonyl (C=O) groups is 1. The van der Waals surface area contributed by atoms with E-state index >= 15 is 0 Å². The summed E-state index contributed by atoms with van der Waals surface area (Å²) in [5.41, 5.74) is 1.70. The van der Waals surface area contributed by atoms with Gasteiger partial charge in [0.15, 0.2) is 5.82 Å². The van der Waals surface area contributed by atoms with Crippen molar-refractivity contribution < 1.29 is 4.79 Å². The number of nitrogens with one attached hydrogen (secondary N) is 2. The van der Waals surface area contributed by atoms with Crippen LogP contribution in [0.25, 0.3) is 0 Å². The summed E-state index contributed by atoms with van der Waals surface area (Å²) in [5, 5.41) is 5.65. The molecule has 2 heterocycles. The average Bonchev–Trinajstić information content (AvgIpc) is 2.05. The molecule has 1 aromatic heterocycles. The van der Waals surface area contributed by atoms with E-state index in [0.29, 0.717) is 6.54 Å². The molecule has 0 bridgehead atoms. The first kappa shape index (κ1) is 7.09. The summed E-state index contributed by atoms with van der Waals surface area (Å²) in [7, 11) is 0. The van der Waals surface area contributed by atoms with Crippen molar-refractivity contribution >= 4 is 17.4 Å². The zero-order chi connectivity index (χ0) is 8.55. The van der Waals surface area contributed by atoms with Gasteiger partial charge in [-0.25, -0.2) is 4.98 Å². The van der Waals surface area contributed by atoms with Gasteiger partial charge in [-0.3, -0.25) is 4.79 Å². The largest absolute Gasteiger partial charge is 0.359 e. The summed E-state index contributed by atoms with van der Waals surface area (Å²) in [6, 6.07) is 3.72. The average molecular weight is 163 g/mol. The normalized spacial score (nSPS) is 14.6. The molecule has 0 unspecified atom stereocenters. The van der Waals surface area contributed by atoms with E-state index in [-0.39, 0.29) is 5.91 Å². The number of hydrogen-bond donors (Lipinski definition) is 2. The van der Waals surface area contributed by atoms with Crippen molar-refractivity contribution in [2.24, 2.45) is 0 Å². The van der Waals surface area contributed by atoms with Gasteiger partial charge in [0.2, 0.25) is 5.91 Å². The highest BCUT2D eigenvalue weighted by molar-refractivity contribution is 5.99. The smallest absolute Gasteiger partial charge is 0.243 e. The van der Waals surface area contributed by atoms with Gasteiger partial charge in [-0.2, -0.15) is 0 Å². The predicted octanol–water partition coefficient (Wildman–Crippen LogP) is 0.754. The van der Waals surface area contributed by atoms with Crippen LogP contribution < -0.4 is 10.6 Å². The van der Waals surface area contributed by atoms with Gasteiger partial charge in [0.05, 0.1) is 12.2 Å². The lowest BCUT2D eigenvalue weighted by atomic mass is 10.3. The molecule has 0 saturated carbocycles. The minimum Gasteiger partial charge on any atom is -0.359 e. The Morgan fingerprint density at radius 2 is 2.33 bits per heavy atom. The van der Waals surface area contributed by atoms with Crippen LogP contribution in [-0.2, 0) is 4.79 Å². The van der Waals surface area contributed by atoms with Crippen molar-refractivity contribution in [1.82, 2.24) is 4.98 Å².